The zero-order chi connectivity index (χ0) is 23.3. The fourth-order valence-electron chi connectivity index (χ4n) is 3.44. The van der Waals surface area contributed by atoms with Crippen LogP contribution in [0.3, 0.4) is 0 Å². The van der Waals surface area contributed by atoms with Crippen LogP contribution in [0.1, 0.15) is 17.4 Å². The predicted octanol–water partition coefficient (Wildman–Crippen LogP) is 3.37. The highest BCUT2D eigenvalue weighted by molar-refractivity contribution is 7.92. The summed E-state index contributed by atoms with van der Waals surface area (Å²) in [6.45, 7) is 3.24. The Morgan fingerprint density at radius 2 is 1.88 bits per heavy atom. The van der Waals surface area contributed by atoms with Gasteiger partial charge in [-0.3, -0.25) is 9.82 Å². The van der Waals surface area contributed by atoms with Crippen molar-refractivity contribution < 1.29 is 18.3 Å². The van der Waals surface area contributed by atoms with Crippen LogP contribution in [0.4, 0.5) is 5.69 Å². The van der Waals surface area contributed by atoms with Crippen LogP contribution >= 0.6 is 0 Å². The van der Waals surface area contributed by atoms with Crippen molar-refractivity contribution in [3.05, 3.63) is 84.1 Å². The van der Waals surface area contributed by atoms with Crippen LogP contribution in [0, 0.1) is 6.92 Å². The van der Waals surface area contributed by atoms with Gasteiger partial charge in [-0.1, -0.05) is 30.3 Å². The number of hydrogen-bond acceptors (Lipinski definition) is 6. The lowest BCUT2D eigenvalue weighted by Crippen LogP contribution is -2.26. The number of aryl methyl sites for hydroxylation is 1. The van der Waals surface area contributed by atoms with Gasteiger partial charge in [0.1, 0.15) is 12.4 Å². The molecule has 0 aliphatic carbocycles. The Labute approximate surface area is 192 Å². The van der Waals surface area contributed by atoms with Gasteiger partial charge < -0.3 is 15.2 Å². The number of aromatic amines is 1. The fraction of sp³-hybridized carbons (Fsp3) is 0.208. The number of nitrogens with zero attached hydrogens (tertiary/aromatic N) is 1. The molecule has 8 nitrogen and oxygen atoms in total. The summed E-state index contributed by atoms with van der Waals surface area (Å²) in [6.07, 6.45) is -0.797. The molecule has 4 N–H and O–H groups in total. The van der Waals surface area contributed by atoms with Crippen molar-refractivity contribution in [3.63, 3.8) is 0 Å². The van der Waals surface area contributed by atoms with Gasteiger partial charge in [-0.05, 0) is 48.9 Å². The number of aromatic nitrogens is 2. The molecule has 0 saturated heterocycles. The van der Waals surface area contributed by atoms with Crippen molar-refractivity contribution in [2.24, 2.45) is 0 Å². The maximum Gasteiger partial charge on any atom is 0.261 e. The van der Waals surface area contributed by atoms with Gasteiger partial charge in [0, 0.05) is 35.9 Å². The summed E-state index contributed by atoms with van der Waals surface area (Å²) < 4.78 is 33.3. The van der Waals surface area contributed by atoms with E-state index in [0.29, 0.717) is 30.9 Å². The highest BCUT2D eigenvalue weighted by atomic mass is 32.2. The Morgan fingerprint density at radius 1 is 1.06 bits per heavy atom. The van der Waals surface area contributed by atoms with Crippen molar-refractivity contribution in [3.8, 4) is 5.75 Å². The molecule has 1 atom stereocenters. The van der Waals surface area contributed by atoms with Crippen LogP contribution in [0.5, 0.6) is 5.75 Å². The molecule has 33 heavy (non-hydrogen) atoms. The van der Waals surface area contributed by atoms with Crippen LogP contribution < -0.4 is 14.8 Å². The average Bonchev–Trinajstić information content (AvgIpc) is 3.19. The lowest BCUT2D eigenvalue weighted by atomic mass is 10.1. The number of nitrogens with one attached hydrogen (secondary N) is 3. The Kier molecular flexibility index (Phi) is 6.93. The molecule has 0 radical (unpaired) electrons. The van der Waals surface area contributed by atoms with E-state index in [1.807, 2.05) is 25.1 Å². The summed E-state index contributed by atoms with van der Waals surface area (Å²) in [5, 5.41) is 21.9. The number of H-pyrrole nitrogens is 1. The minimum atomic E-state index is -3.69. The third-order valence-corrected chi connectivity index (χ3v) is 6.58. The van der Waals surface area contributed by atoms with E-state index in [1.54, 1.807) is 42.5 Å². The number of ether oxygens (including phenoxy) is 1. The van der Waals surface area contributed by atoms with Crippen LogP contribution in [-0.4, -0.2) is 43.4 Å². The minimum Gasteiger partial charge on any atom is -0.492 e. The molecule has 1 heterocycles. The number of fused-ring (bicyclic) bond motifs is 1. The fourth-order valence-corrected chi connectivity index (χ4v) is 4.51. The molecule has 4 aromatic rings. The summed E-state index contributed by atoms with van der Waals surface area (Å²) in [6, 6.07) is 20.6. The molecule has 3 aromatic carbocycles. The quantitative estimate of drug-likeness (QED) is 0.266. The van der Waals surface area contributed by atoms with E-state index in [-0.39, 0.29) is 4.90 Å². The Bertz CT molecular complexity index is 1320. The van der Waals surface area contributed by atoms with E-state index >= 15 is 0 Å². The van der Waals surface area contributed by atoms with Crippen molar-refractivity contribution in [1.82, 2.24) is 15.5 Å². The lowest BCUT2D eigenvalue weighted by molar-refractivity contribution is 0.172. The molecule has 4 rings (SSSR count). The SMILES string of the molecule is Cc1[nH]nc2cc(OCCNCC(O)c3cccc(NS(=O)(=O)c4ccccc4)c3)ccc12. The monoisotopic (exact) mass is 466 g/mol. The van der Waals surface area contributed by atoms with Gasteiger partial charge in [0.15, 0.2) is 0 Å². The minimum absolute atomic E-state index is 0.180. The number of sulfonamides is 1. The summed E-state index contributed by atoms with van der Waals surface area (Å²) in [7, 11) is -3.69. The molecule has 172 valence electrons. The van der Waals surface area contributed by atoms with E-state index in [9.17, 15) is 13.5 Å². The molecule has 0 bridgehead atoms. The third-order valence-electron chi connectivity index (χ3n) is 5.18. The number of aliphatic hydroxyl groups is 1. The van der Waals surface area contributed by atoms with Crippen molar-refractivity contribution >= 4 is 26.6 Å². The molecular formula is C24H26N4O4S. The third kappa shape index (κ3) is 5.70. The number of benzene rings is 3. The molecule has 9 heteroatoms. The maximum atomic E-state index is 12.5. The topological polar surface area (TPSA) is 116 Å². The van der Waals surface area contributed by atoms with Gasteiger partial charge in [-0.15, -0.1) is 0 Å². The second-order valence-corrected chi connectivity index (χ2v) is 9.32. The van der Waals surface area contributed by atoms with Gasteiger partial charge in [0.05, 0.1) is 16.5 Å². The predicted molar refractivity (Wildman–Crippen MR) is 128 cm³/mol. The van der Waals surface area contributed by atoms with Crippen LogP contribution in [0.15, 0.2) is 77.7 Å². The second kappa shape index (κ2) is 10.0. The molecule has 0 aliphatic rings. The van der Waals surface area contributed by atoms with Crippen LogP contribution in [-0.2, 0) is 10.0 Å². The molecule has 1 aromatic heterocycles. The molecule has 0 spiro atoms. The molecule has 1 unspecified atom stereocenters. The largest absolute Gasteiger partial charge is 0.492 e. The Morgan fingerprint density at radius 3 is 2.70 bits per heavy atom. The molecule has 0 aliphatic heterocycles. The first-order chi connectivity index (χ1) is 15.9. The zero-order valence-electron chi connectivity index (χ0n) is 18.2. The molecule has 0 saturated carbocycles. The van der Waals surface area contributed by atoms with Gasteiger partial charge >= 0.3 is 0 Å². The normalized spacial score (nSPS) is 12.5. The number of rotatable bonds is 10. The van der Waals surface area contributed by atoms with E-state index in [1.165, 1.54) is 12.1 Å². The first-order valence-electron chi connectivity index (χ1n) is 10.6. The van der Waals surface area contributed by atoms with Crippen LogP contribution in [0.25, 0.3) is 10.9 Å². The number of aliphatic hydroxyl groups excluding tert-OH is 1. The van der Waals surface area contributed by atoms with Gasteiger partial charge in [0.2, 0.25) is 0 Å². The lowest BCUT2D eigenvalue weighted by Gasteiger charge is -2.15. The summed E-state index contributed by atoms with van der Waals surface area (Å²) in [5.74, 6) is 0.731. The van der Waals surface area contributed by atoms with Crippen molar-refractivity contribution in [1.29, 1.82) is 0 Å². The van der Waals surface area contributed by atoms with E-state index < -0.39 is 16.1 Å². The summed E-state index contributed by atoms with van der Waals surface area (Å²) in [5.41, 5.74) is 2.87. The number of anilines is 1. The first-order valence-corrected chi connectivity index (χ1v) is 12.0. The smallest absolute Gasteiger partial charge is 0.261 e. The maximum absolute atomic E-state index is 12.5. The van der Waals surface area contributed by atoms with E-state index in [2.05, 4.69) is 20.2 Å². The number of hydrogen-bond donors (Lipinski definition) is 4. The molecule has 0 amide bonds. The van der Waals surface area contributed by atoms with Gasteiger partial charge in [-0.25, -0.2) is 8.42 Å². The van der Waals surface area contributed by atoms with Crippen molar-refractivity contribution in [2.45, 2.75) is 17.9 Å². The van der Waals surface area contributed by atoms with Gasteiger partial charge in [-0.2, -0.15) is 5.10 Å². The van der Waals surface area contributed by atoms with E-state index in [0.717, 1.165) is 22.3 Å². The van der Waals surface area contributed by atoms with Crippen LogP contribution in [0.2, 0.25) is 0 Å². The standard InChI is InChI=1S/C24H26N4O4S/c1-17-22-11-10-20(15-23(22)27-26-17)32-13-12-25-16-24(29)18-6-5-7-19(14-18)28-33(30,31)21-8-3-2-4-9-21/h2-11,14-15,24-25,28-29H,12-13,16H2,1H3,(H,26,27). The summed E-state index contributed by atoms with van der Waals surface area (Å²) >= 11 is 0. The Balaban J connectivity index is 1.26. The summed E-state index contributed by atoms with van der Waals surface area (Å²) in [4.78, 5) is 0.180. The van der Waals surface area contributed by atoms with E-state index in [4.69, 9.17) is 4.74 Å². The molecule has 0 fully saturated rings. The highest BCUT2D eigenvalue weighted by Crippen LogP contribution is 2.22. The van der Waals surface area contributed by atoms with Crippen molar-refractivity contribution in [2.75, 3.05) is 24.4 Å². The van der Waals surface area contributed by atoms with Gasteiger partial charge in [0.25, 0.3) is 10.0 Å². The average molecular weight is 467 g/mol. The first kappa shape index (κ1) is 22.8. The highest BCUT2D eigenvalue weighted by Gasteiger charge is 2.15. The molecular weight excluding hydrogens is 440 g/mol. The second-order valence-electron chi connectivity index (χ2n) is 7.64. The zero-order valence-corrected chi connectivity index (χ0v) is 19.0. The Hall–Kier alpha value is -3.40.